The quantitative estimate of drug-likeness (QED) is 0.833. The first-order chi connectivity index (χ1) is 7.02. The molecule has 1 aromatic heterocycles. The molecule has 1 amide bonds. The number of carbonyl (C=O) groups is 2. The van der Waals surface area contributed by atoms with Crippen LogP contribution < -0.4 is 5.32 Å². The molecule has 0 aromatic carbocycles. The largest absolute Gasteiger partial charge is 0.481 e. The molecule has 0 saturated carbocycles. The Labute approximate surface area is 94.4 Å². The van der Waals surface area contributed by atoms with Gasteiger partial charge in [-0.25, -0.2) is 0 Å². The van der Waals surface area contributed by atoms with E-state index in [1.165, 1.54) is 10.9 Å². The molecule has 0 aliphatic carbocycles. The summed E-state index contributed by atoms with van der Waals surface area (Å²) in [4.78, 5) is 21.7. The minimum absolute atomic E-state index is 0.0936. The van der Waals surface area contributed by atoms with Crippen LogP contribution in [0.15, 0.2) is 10.8 Å². The average molecular weight is 276 g/mol. The Morgan fingerprint density at radius 1 is 1.67 bits per heavy atom. The molecule has 0 aliphatic rings. The van der Waals surface area contributed by atoms with Crippen LogP contribution in [0, 0.1) is 0 Å². The molecule has 0 saturated heterocycles. The predicted molar refractivity (Wildman–Crippen MR) is 55.5 cm³/mol. The zero-order valence-electron chi connectivity index (χ0n) is 8.03. The highest BCUT2D eigenvalue weighted by molar-refractivity contribution is 9.10. The molecule has 15 heavy (non-hydrogen) atoms. The van der Waals surface area contributed by atoms with Gasteiger partial charge in [0.25, 0.3) is 5.91 Å². The molecule has 0 radical (unpaired) electrons. The molecule has 2 N–H and O–H groups in total. The number of aliphatic carboxylic acids is 1. The topological polar surface area (TPSA) is 84.2 Å². The number of carbonyl (C=O) groups excluding carboxylic acids is 1. The number of aryl methyl sites for hydroxylation is 1. The summed E-state index contributed by atoms with van der Waals surface area (Å²) in [6, 6.07) is 0. The van der Waals surface area contributed by atoms with E-state index in [4.69, 9.17) is 5.11 Å². The standard InChI is InChI=1S/C8H10BrN3O3/c1-12-7(9)5(4-11-12)8(15)10-3-2-6(13)14/h4H,2-3H2,1H3,(H,10,15)(H,13,14). The molecule has 0 aliphatic heterocycles. The van der Waals surface area contributed by atoms with Gasteiger partial charge >= 0.3 is 5.97 Å². The Morgan fingerprint density at radius 2 is 2.33 bits per heavy atom. The molecule has 0 atom stereocenters. The lowest BCUT2D eigenvalue weighted by Crippen LogP contribution is -2.26. The summed E-state index contributed by atoms with van der Waals surface area (Å²) in [7, 11) is 1.69. The number of carboxylic acid groups (broad SMARTS) is 1. The first-order valence-corrected chi connectivity index (χ1v) is 4.99. The van der Waals surface area contributed by atoms with Crippen LogP contribution in [0.3, 0.4) is 0 Å². The van der Waals surface area contributed by atoms with Gasteiger partial charge in [-0.15, -0.1) is 0 Å². The highest BCUT2D eigenvalue weighted by atomic mass is 79.9. The first-order valence-electron chi connectivity index (χ1n) is 4.20. The van der Waals surface area contributed by atoms with Crippen LogP contribution in [0.25, 0.3) is 0 Å². The SMILES string of the molecule is Cn1ncc(C(=O)NCCC(=O)O)c1Br. The van der Waals surface area contributed by atoms with Crippen molar-refractivity contribution in [3.8, 4) is 0 Å². The van der Waals surface area contributed by atoms with Crippen molar-refractivity contribution < 1.29 is 14.7 Å². The van der Waals surface area contributed by atoms with Crippen LogP contribution in [0.1, 0.15) is 16.8 Å². The van der Waals surface area contributed by atoms with E-state index in [0.717, 1.165) is 0 Å². The van der Waals surface area contributed by atoms with Crippen LogP contribution >= 0.6 is 15.9 Å². The van der Waals surface area contributed by atoms with E-state index < -0.39 is 5.97 Å². The number of hydrogen-bond donors (Lipinski definition) is 2. The van der Waals surface area contributed by atoms with E-state index in [9.17, 15) is 9.59 Å². The number of carboxylic acids is 1. The van der Waals surface area contributed by atoms with Gasteiger partial charge in [0.05, 0.1) is 18.2 Å². The molecule has 6 nitrogen and oxygen atoms in total. The van der Waals surface area contributed by atoms with Crippen molar-refractivity contribution in [2.75, 3.05) is 6.54 Å². The highest BCUT2D eigenvalue weighted by Gasteiger charge is 2.13. The van der Waals surface area contributed by atoms with Crippen molar-refractivity contribution in [1.29, 1.82) is 0 Å². The maximum absolute atomic E-state index is 11.5. The second-order valence-corrected chi connectivity index (χ2v) is 3.62. The van der Waals surface area contributed by atoms with E-state index in [0.29, 0.717) is 10.2 Å². The zero-order chi connectivity index (χ0) is 11.4. The summed E-state index contributed by atoms with van der Waals surface area (Å²) in [5.74, 6) is -1.28. The third kappa shape index (κ3) is 3.05. The number of amides is 1. The molecular weight excluding hydrogens is 266 g/mol. The van der Waals surface area contributed by atoms with E-state index in [1.807, 2.05) is 0 Å². The summed E-state index contributed by atoms with van der Waals surface area (Å²) in [6.45, 7) is 0.107. The van der Waals surface area contributed by atoms with Gasteiger partial charge in [0, 0.05) is 13.6 Å². The van der Waals surface area contributed by atoms with Gasteiger partial charge in [0.2, 0.25) is 0 Å². The van der Waals surface area contributed by atoms with Crippen LogP contribution in [-0.4, -0.2) is 33.3 Å². The Bertz CT molecular complexity index is 388. The van der Waals surface area contributed by atoms with E-state index in [-0.39, 0.29) is 18.9 Å². The minimum atomic E-state index is -0.944. The maximum atomic E-state index is 11.5. The van der Waals surface area contributed by atoms with Crippen molar-refractivity contribution in [3.05, 3.63) is 16.4 Å². The van der Waals surface area contributed by atoms with Crippen LogP contribution in [0.2, 0.25) is 0 Å². The fourth-order valence-electron chi connectivity index (χ4n) is 0.953. The molecule has 0 spiro atoms. The summed E-state index contributed by atoms with van der Waals surface area (Å²) in [6.07, 6.45) is 1.32. The van der Waals surface area contributed by atoms with Gasteiger partial charge in [0.15, 0.2) is 0 Å². The number of rotatable bonds is 4. The Hall–Kier alpha value is -1.37. The molecule has 1 rings (SSSR count). The van der Waals surface area contributed by atoms with Crippen molar-refractivity contribution in [1.82, 2.24) is 15.1 Å². The van der Waals surface area contributed by atoms with E-state index in [2.05, 4.69) is 26.3 Å². The van der Waals surface area contributed by atoms with Gasteiger partial charge in [-0.1, -0.05) is 0 Å². The Balaban J connectivity index is 2.54. The Kier molecular flexibility index (Phi) is 3.84. The monoisotopic (exact) mass is 275 g/mol. The number of nitrogens with one attached hydrogen (secondary N) is 1. The first kappa shape index (κ1) is 11.7. The summed E-state index contributed by atoms with van der Waals surface area (Å²) in [5.41, 5.74) is 0.392. The number of nitrogens with zero attached hydrogens (tertiary/aromatic N) is 2. The molecule has 82 valence electrons. The summed E-state index contributed by atoms with van der Waals surface area (Å²) < 4.78 is 2.07. The number of hydrogen-bond acceptors (Lipinski definition) is 3. The zero-order valence-corrected chi connectivity index (χ0v) is 9.61. The molecule has 0 fully saturated rings. The van der Waals surface area contributed by atoms with Crippen molar-refractivity contribution >= 4 is 27.8 Å². The van der Waals surface area contributed by atoms with Crippen molar-refractivity contribution in [3.63, 3.8) is 0 Å². The smallest absolute Gasteiger partial charge is 0.305 e. The van der Waals surface area contributed by atoms with Crippen LogP contribution in [-0.2, 0) is 11.8 Å². The molecule has 0 bridgehead atoms. The van der Waals surface area contributed by atoms with E-state index >= 15 is 0 Å². The fraction of sp³-hybridized carbons (Fsp3) is 0.375. The molecule has 1 heterocycles. The second kappa shape index (κ2) is 4.92. The third-order valence-electron chi connectivity index (χ3n) is 1.74. The summed E-state index contributed by atoms with van der Waals surface area (Å²) in [5, 5.41) is 14.7. The molecule has 7 heteroatoms. The maximum Gasteiger partial charge on any atom is 0.305 e. The van der Waals surface area contributed by atoms with Gasteiger partial charge < -0.3 is 10.4 Å². The van der Waals surface area contributed by atoms with Gasteiger partial charge in [-0.2, -0.15) is 5.10 Å². The highest BCUT2D eigenvalue weighted by Crippen LogP contribution is 2.14. The molecular formula is C8H10BrN3O3. The Morgan fingerprint density at radius 3 is 2.80 bits per heavy atom. The van der Waals surface area contributed by atoms with Crippen LogP contribution in [0.5, 0.6) is 0 Å². The van der Waals surface area contributed by atoms with Crippen molar-refractivity contribution in [2.45, 2.75) is 6.42 Å². The second-order valence-electron chi connectivity index (χ2n) is 2.87. The lowest BCUT2D eigenvalue weighted by Gasteiger charge is -2.01. The van der Waals surface area contributed by atoms with Crippen LogP contribution in [0.4, 0.5) is 0 Å². The molecule has 1 aromatic rings. The van der Waals surface area contributed by atoms with Gasteiger partial charge in [-0.3, -0.25) is 14.3 Å². The number of halogens is 1. The average Bonchev–Trinajstić information content (AvgIpc) is 2.47. The molecule has 0 unspecified atom stereocenters. The lowest BCUT2D eigenvalue weighted by molar-refractivity contribution is -0.136. The minimum Gasteiger partial charge on any atom is -0.481 e. The third-order valence-corrected chi connectivity index (χ3v) is 2.68. The van der Waals surface area contributed by atoms with Gasteiger partial charge in [0.1, 0.15) is 4.60 Å². The predicted octanol–water partition coefficient (Wildman–Crippen LogP) is 0.387. The fourth-order valence-corrected chi connectivity index (χ4v) is 1.33. The normalized spacial score (nSPS) is 10.0. The lowest BCUT2D eigenvalue weighted by atomic mass is 10.3. The van der Waals surface area contributed by atoms with Gasteiger partial charge in [-0.05, 0) is 15.9 Å². The van der Waals surface area contributed by atoms with Crippen molar-refractivity contribution in [2.24, 2.45) is 7.05 Å². The number of aromatic nitrogens is 2. The van der Waals surface area contributed by atoms with E-state index in [1.54, 1.807) is 7.05 Å². The summed E-state index contributed by atoms with van der Waals surface area (Å²) >= 11 is 3.19.